The van der Waals surface area contributed by atoms with E-state index in [-0.39, 0.29) is 10.8 Å². The molecule has 0 aliphatic heterocycles. The van der Waals surface area contributed by atoms with Crippen LogP contribution in [-0.2, 0) is 10.8 Å². The molecule has 1 aromatic heterocycles. The van der Waals surface area contributed by atoms with Crippen molar-refractivity contribution in [3.63, 3.8) is 0 Å². The lowest BCUT2D eigenvalue weighted by Gasteiger charge is -2.48. The summed E-state index contributed by atoms with van der Waals surface area (Å²) in [5, 5.41) is 2.27. The summed E-state index contributed by atoms with van der Waals surface area (Å²) in [4.78, 5) is 15.1. The summed E-state index contributed by atoms with van der Waals surface area (Å²) in [5.74, 6) is 1.97. The van der Waals surface area contributed by atoms with Crippen molar-refractivity contribution >= 4 is 10.8 Å². The van der Waals surface area contributed by atoms with Crippen LogP contribution in [0.4, 0.5) is 0 Å². The summed E-state index contributed by atoms with van der Waals surface area (Å²) in [6.45, 7) is 9.63. The lowest BCUT2D eigenvalue weighted by molar-refractivity contribution is 0.299. The van der Waals surface area contributed by atoms with Crippen LogP contribution in [0.2, 0.25) is 0 Å². The summed E-state index contributed by atoms with van der Waals surface area (Å²) in [7, 11) is 0. The minimum atomic E-state index is -0.137. The van der Waals surface area contributed by atoms with Gasteiger partial charge in [0, 0.05) is 16.7 Å². The molecular formula is C55H43N3. The van der Waals surface area contributed by atoms with Crippen LogP contribution in [0.15, 0.2) is 188 Å². The van der Waals surface area contributed by atoms with Gasteiger partial charge in [0.05, 0.1) is 0 Å². The number of hydrogen-bond donors (Lipinski definition) is 0. The molecule has 0 atom stereocenters. The summed E-state index contributed by atoms with van der Waals surface area (Å²) in [6, 6.07) is 67.2. The zero-order chi connectivity index (χ0) is 39.4. The van der Waals surface area contributed by atoms with Gasteiger partial charge in [-0.25, -0.2) is 15.0 Å². The van der Waals surface area contributed by atoms with Gasteiger partial charge in [-0.05, 0) is 95.4 Å². The first-order valence-corrected chi connectivity index (χ1v) is 20.1. The van der Waals surface area contributed by atoms with Crippen LogP contribution in [-0.4, -0.2) is 15.0 Å². The maximum absolute atomic E-state index is 5.09. The van der Waals surface area contributed by atoms with Crippen molar-refractivity contribution in [2.45, 2.75) is 38.5 Å². The van der Waals surface area contributed by atoms with Crippen molar-refractivity contribution in [1.82, 2.24) is 15.0 Å². The van der Waals surface area contributed by atoms with Crippen molar-refractivity contribution in [3.8, 4) is 78.7 Å². The van der Waals surface area contributed by atoms with Crippen LogP contribution in [0.3, 0.4) is 0 Å². The molecule has 8 aromatic carbocycles. The third kappa shape index (κ3) is 5.94. The Labute approximate surface area is 340 Å². The zero-order valence-electron chi connectivity index (χ0n) is 33.2. The van der Waals surface area contributed by atoms with Gasteiger partial charge in [-0.3, -0.25) is 0 Å². The number of nitrogens with zero attached hydrogens (tertiary/aromatic N) is 3. The van der Waals surface area contributed by atoms with E-state index in [0.29, 0.717) is 17.5 Å². The van der Waals surface area contributed by atoms with Crippen LogP contribution < -0.4 is 0 Å². The molecule has 0 saturated carbocycles. The minimum Gasteiger partial charge on any atom is -0.208 e. The zero-order valence-corrected chi connectivity index (χ0v) is 33.2. The minimum absolute atomic E-state index is 0.115. The molecule has 1 aliphatic rings. The third-order valence-electron chi connectivity index (χ3n) is 12.7. The highest BCUT2D eigenvalue weighted by Gasteiger charge is 2.46. The molecule has 0 radical (unpaired) electrons. The van der Waals surface area contributed by atoms with Gasteiger partial charge in [0.25, 0.3) is 0 Å². The van der Waals surface area contributed by atoms with Crippen LogP contribution in [0.1, 0.15) is 38.8 Å². The van der Waals surface area contributed by atoms with Crippen molar-refractivity contribution in [2.24, 2.45) is 0 Å². The van der Waals surface area contributed by atoms with Gasteiger partial charge in [0.15, 0.2) is 17.5 Å². The maximum atomic E-state index is 5.09. The molecule has 58 heavy (non-hydrogen) atoms. The predicted octanol–water partition coefficient (Wildman–Crippen LogP) is 14.3. The topological polar surface area (TPSA) is 38.7 Å². The van der Waals surface area contributed by atoms with E-state index in [4.69, 9.17) is 15.0 Å². The molecule has 3 heteroatoms. The Kier molecular flexibility index (Phi) is 8.49. The molecule has 9 aromatic rings. The van der Waals surface area contributed by atoms with E-state index in [1.54, 1.807) is 0 Å². The average Bonchev–Trinajstić information content (AvgIpc) is 3.28. The Morgan fingerprint density at radius 3 is 1.38 bits per heavy atom. The Hall–Kier alpha value is -6.97. The van der Waals surface area contributed by atoms with Crippen molar-refractivity contribution < 1.29 is 0 Å². The third-order valence-corrected chi connectivity index (χ3v) is 12.7. The summed E-state index contributed by atoms with van der Waals surface area (Å²) in [6.07, 6.45) is 0. The molecule has 1 aliphatic carbocycles. The SMILES string of the molecule is CC1(C)c2ccc(-c3cccc(-c4ccccc4)c3)cc2-c2ccc(-c3cccc4c(-c5nc(-c6ccccc6)nc(-c6ccccc6)n5)cccc34)cc2C1(C)C. The van der Waals surface area contributed by atoms with Crippen molar-refractivity contribution in [3.05, 3.63) is 199 Å². The molecule has 0 spiro atoms. The highest BCUT2D eigenvalue weighted by atomic mass is 15.0. The predicted molar refractivity (Wildman–Crippen MR) is 241 cm³/mol. The second kappa shape index (κ2) is 13.9. The molecule has 0 unspecified atom stereocenters. The normalized spacial score (nSPS) is 13.8. The average molecular weight is 746 g/mol. The number of fused-ring (bicyclic) bond motifs is 4. The lowest BCUT2D eigenvalue weighted by Crippen LogP contribution is -2.43. The maximum Gasteiger partial charge on any atom is 0.164 e. The van der Waals surface area contributed by atoms with Gasteiger partial charge in [-0.15, -0.1) is 0 Å². The van der Waals surface area contributed by atoms with Gasteiger partial charge in [0.2, 0.25) is 0 Å². The van der Waals surface area contributed by atoms with Crippen LogP contribution >= 0.6 is 0 Å². The molecule has 0 amide bonds. The highest BCUT2D eigenvalue weighted by Crippen LogP contribution is 2.55. The molecular weight excluding hydrogens is 703 g/mol. The van der Waals surface area contributed by atoms with Crippen LogP contribution in [0.25, 0.3) is 89.4 Å². The Morgan fingerprint density at radius 2 is 0.741 bits per heavy atom. The summed E-state index contributed by atoms with van der Waals surface area (Å²) >= 11 is 0. The van der Waals surface area contributed by atoms with E-state index in [9.17, 15) is 0 Å². The molecule has 278 valence electrons. The first-order valence-electron chi connectivity index (χ1n) is 20.1. The molecule has 0 saturated heterocycles. The molecule has 1 heterocycles. The van der Waals surface area contributed by atoms with Gasteiger partial charge in [-0.2, -0.15) is 0 Å². The van der Waals surface area contributed by atoms with E-state index in [0.717, 1.165) is 27.5 Å². The van der Waals surface area contributed by atoms with E-state index in [2.05, 4.69) is 179 Å². The first kappa shape index (κ1) is 35.4. The smallest absolute Gasteiger partial charge is 0.164 e. The van der Waals surface area contributed by atoms with Crippen molar-refractivity contribution in [2.75, 3.05) is 0 Å². The number of benzene rings is 8. The largest absolute Gasteiger partial charge is 0.208 e. The monoisotopic (exact) mass is 745 g/mol. The number of aromatic nitrogens is 3. The van der Waals surface area contributed by atoms with E-state index >= 15 is 0 Å². The van der Waals surface area contributed by atoms with E-state index in [1.807, 2.05) is 36.4 Å². The van der Waals surface area contributed by atoms with E-state index in [1.165, 1.54) is 55.6 Å². The Bertz CT molecular complexity index is 2930. The first-order chi connectivity index (χ1) is 28.3. The van der Waals surface area contributed by atoms with Crippen molar-refractivity contribution in [1.29, 1.82) is 0 Å². The number of hydrogen-bond acceptors (Lipinski definition) is 3. The Balaban J connectivity index is 1.10. The second-order valence-corrected chi connectivity index (χ2v) is 16.5. The fraction of sp³-hybridized carbons (Fsp3) is 0.109. The lowest BCUT2D eigenvalue weighted by atomic mass is 9.55. The fourth-order valence-corrected chi connectivity index (χ4v) is 8.82. The number of rotatable bonds is 6. The Morgan fingerprint density at radius 1 is 0.276 bits per heavy atom. The highest BCUT2D eigenvalue weighted by molar-refractivity contribution is 6.04. The summed E-state index contributed by atoms with van der Waals surface area (Å²) < 4.78 is 0. The quantitative estimate of drug-likeness (QED) is 0.170. The van der Waals surface area contributed by atoms with Crippen LogP contribution in [0, 0.1) is 0 Å². The van der Waals surface area contributed by atoms with Crippen LogP contribution in [0.5, 0.6) is 0 Å². The summed E-state index contributed by atoms with van der Waals surface area (Å²) in [5.41, 5.74) is 15.3. The van der Waals surface area contributed by atoms with E-state index < -0.39 is 0 Å². The molecule has 0 fully saturated rings. The molecule has 3 nitrogen and oxygen atoms in total. The standard InChI is InChI=1S/C55H43N3/c1-54(2)49-32-30-41(40-24-14-23-39(33-40)36-17-8-5-9-18-36)34-48(49)46-31-29-42(35-50(46)55(54,3)4)43-25-15-27-45-44(43)26-16-28-47(45)53-57-51(37-19-10-6-11-20-37)56-52(58-53)38-21-12-7-13-22-38/h5-35H,1-4H3. The van der Waals surface area contributed by atoms with Gasteiger partial charge >= 0.3 is 0 Å². The molecule has 0 N–H and O–H groups in total. The van der Waals surface area contributed by atoms with Gasteiger partial charge in [-0.1, -0.05) is 198 Å². The second-order valence-electron chi connectivity index (χ2n) is 16.5. The van der Waals surface area contributed by atoms with Gasteiger partial charge in [0.1, 0.15) is 0 Å². The molecule has 0 bridgehead atoms. The molecule has 10 rings (SSSR count). The fourth-order valence-electron chi connectivity index (χ4n) is 8.82. The van der Waals surface area contributed by atoms with Gasteiger partial charge < -0.3 is 0 Å².